The van der Waals surface area contributed by atoms with Gasteiger partial charge >= 0.3 is 0 Å². The van der Waals surface area contributed by atoms with Gasteiger partial charge < -0.3 is 30.3 Å². The van der Waals surface area contributed by atoms with Crippen LogP contribution in [0.25, 0.3) is 0 Å². The van der Waals surface area contributed by atoms with Gasteiger partial charge in [-0.15, -0.1) is 13.9 Å². The summed E-state index contributed by atoms with van der Waals surface area (Å²) < 4.78 is 0. The Morgan fingerprint density at radius 3 is 1.82 bits per heavy atom. The van der Waals surface area contributed by atoms with E-state index in [0.29, 0.717) is 0 Å². The molecule has 22 heavy (non-hydrogen) atoms. The second kappa shape index (κ2) is 9.11. The van der Waals surface area contributed by atoms with Crippen molar-refractivity contribution in [3.05, 3.63) is 84.4 Å². The van der Waals surface area contributed by atoms with E-state index in [9.17, 15) is 0 Å². The van der Waals surface area contributed by atoms with Crippen LogP contribution in [0.1, 0.15) is 26.3 Å². The maximum Gasteiger partial charge on any atom is 0 e. The van der Waals surface area contributed by atoms with Crippen molar-refractivity contribution in [1.82, 2.24) is 0 Å². The van der Waals surface area contributed by atoms with Gasteiger partial charge in [0.25, 0.3) is 0 Å². The average Bonchev–Trinajstić information content (AvgIpc) is 3.14. The van der Waals surface area contributed by atoms with Gasteiger partial charge in [-0.25, -0.2) is 12.1 Å². The molecule has 0 aliphatic carbocycles. The Morgan fingerprint density at radius 2 is 1.32 bits per heavy atom. The quantitative estimate of drug-likeness (QED) is 0.356. The van der Waals surface area contributed by atoms with Crippen LogP contribution in [0.5, 0.6) is 0 Å². The van der Waals surface area contributed by atoms with E-state index >= 15 is 0 Å². The molecule has 1 unspecified atom stereocenters. The molecule has 0 radical (unpaired) electrons. The van der Waals surface area contributed by atoms with Gasteiger partial charge in [-0.3, -0.25) is 0 Å². The molecule has 3 rings (SSSR count). The first kappa shape index (κ1) is 18.9. The van der Waals surface area contributed by atoms with Crippen LogP contribution in [0.4, 0.5) is 0 Å². The molecule has 3 aromatic carbocycles. The summed E-state index contributed by atoms with van der Waals surface area (Å²) in [4.78, 5) is 0. The first-order chi connectivity index (χ1) is 10.1. The number of hydrogen-bond donors (Lipinski definition) is 0. The molecule has 0 fully saturated rings. The molecule has 0 spiro atoms. The predicted octanol–water partition coefficient (Wildman–Crippen LogP) is 4.74. The number of rotatable bonds is 2. The Balaban J connectivity index is 0.000000344. The SMILES string of the molecule is CC(C)(C)c1ccccc1P[c-]1cccc1.[Fe].[cH-]1[cH-][cH-][cH-][cH-]1. The zero-order valence-corrected chi connectivity index (χ0v) is 15.5. The molecule has 2 heteroatoms. The fourth-order valence-corrected chi connectivity index (χ4v) is 3.62. The van der Waals surface area contributed by atoms with Crippen molar-refractivity contribution in [3.63, 3.8) is 0 Å². The largest absolute Gasteiger partial charge is 0.748 e. The third-order valence-electron chi connectivity index (χ3n) is 3.23. The fourth-order valence-electron chi connectivity index (χ4n) is 2.18. The van der Waals surface area contributed by atoms with Gasteiger partial charge in [0.1, 0.15) is 0 Å². The summed E-state index contributed by atoms with van der Waals surface area (Å²) in [6.45, 7) is 6.84. The molecule has 0 heterocycles. The second-order valence-electron chi connectivity index (χ2n) is 6.06. The normalized spacial score (nSPS) is 10.9. The van der Waals surface area contributed by atoms with E-state index < -0.39 is 0 Å². The molecule has 122 valence electrons. The van der Waals surface area contributed by atoms with Gasteiger partial charge in [0.05, 0.1) is 0 Å². The summed E-state index contributed by atoms with van der Waals surface area (Å²) in [5.41, 5.74) is 1.70. The molecule has 0 saturated carbocycles. The summed E-state index contributed by atoms with van der Waals surface area (Å²) in [5.74, 6) is 0. The molecule has 0 saturated heterocycles. The van der Waals surface area contributed by atoms with Crippen LogP contribution in [0.15, 0.2) is 78.9 Å². The first-order valence-corrected chi connectivity index (χ1v) is 8.32. The van der Waals surface area contributed by atoms with E-state index in [1.807, 2.05) is 30.3 Å². The first-order valence-electron chi connectivity index (χ1n) is 7.32. The van der Waals surface area contributed by atoms with Gasteiger partial charge in [0, 0.05) is 17.1 Å². The Bertz CT molecular complexity index is 599. The molecule has 1 atom stereocenters. The van der Waals surface area contributed by atoms with E-state index in [1.54, 1.807) is 0 Å². The Labute approximate surface area is 147 Å². The zero-order valence-electron chi connectivity index (χ0n) is 13.4. The molecule has 0 aliphatic heterocycles. The Hall–Kier alpha value is -1.13. The van der Waals surface area contributed by atoms with Crippen molar-refractivity contribution in [2.45, 2.75) is 26.2 Å². The molecule has 0 nitrogen and oxygen atoms in total. The predicted molar refractivity (Wildman–Crippen MR) is 96.8 cm³/mol. The molecule has 3 aromatic rings. The Kier molecular flexibility index (Phi) is 7.83. The van der Waals surface area contributed by atoms with E-state index in [1.165, 1.54) is 16.2 Å². The van der Waals surface area contributed by atoms with Crippen LogP contribution in [-0.2, 0) is 22.5 Å². The van der Waals surface area contributed by atoms with E-state index in [0.717, 1.165) is 8.58 Å². The third kappa shape index (κ3) is 5.93. The van der Waals surface area contributed by atoms with Crippen molar-refractivity contribution in [3.8, 4) is 0 Å². The van der Waals surface area contributed by atoms with Gasteiger partial charge in [-0.1, -0.05) is 45.0 Å². The summed E-state index contributed by atoms with van der Waals surface area (Å²) in [6.07, 6.45) is 0. The van der Waals surface area contributed by atoms with Crippen LogP contribution in [0.2, 0.25) is 0 Å². The summed E-state index contributed by atoms with van der Waals surface area (Å²) >= 11 is 0. The van der Waals surface area contributed by atoms with Crippen LogP contribution in [-0.4, -0.2) is 0 Å². The molecule has 0 bridgehead atoms. The smallest absolute Gasteiger partial charge is 0 e. The minimum absolute atomic E-state index is 0. The minimum Gasteiger partial charge on any atom is -0.748 e. The van der Waals surface area contributed by atoms with Gasteiger partial charge in [0.15, 0.2) is 0 Å². The molecule has 0 aliphatic rings. The molecular formula is C20H23FeP-6. The molecule has 0 aromatic heterocycles. The summed E-state index contributed by atoms with van der Waals surface area (Å²) in [7, 11) is 0.774. The summed E-state index contributed by atoms with van der Waals surface area (Å²) in [6, 6.07) is 27.4. The average molecular weight is 350 g/mol. The van der Waals surface area contributed by atoms with Crippen LogP contribution < -0.4 is 10.6 Å². The third-order valence-corrected chi connectivity index (χ3v) is 4.56. The topological polar surface area (TPSA) is 0 Å². The van der Waals surface area contributed by atoms with Crippen molar-refractivity contribution >= 4 is 19.2 Å². The van der Waals surface area contributed by atoms with Crippen molar-refractivity contribution in [1.29, 1.82) is 0 Å². The maximum atomic E-state index is 2.28. The van der Waals surface area contributed by atoms with Crippen molar-refractivity contribution in [2.75, 3.05) is 0 Å². The number of benzene rings is 1. The van der Waals surface area contributed by atoms with Gasteiger partial charge in [-0.05, 0) is 16.3 Å². The number of hydrogen-bond acceptors (Lipinski definition) is 0. The Morgan fingerprint density at radius 1 is 0.818 bits per heavy atom. The van der Waals surface area contributed by atoms with Crippen molar-refractivity contribution < 1.29 is 17.1 Å². The minimum atomic E-state index is 0. The van der Waals surface area contributed by atoms with Gasteiger partial charge in [0.2, 0.25) is 0 Å². The van der Waals surface area contributed by atoms with Gasteiger partial charge in [-0.2, -0.15) is 12.1 Å². The monoisotopic (exact) mass is 350 g/mol. The van der Waals surface area contributed by atoms with Crippen LogP contribution >= 0.6 is 8.58 Å². The zero-order chi connectivity index (χ0) is 15.1. The van der Waals surface area contributed by atoms with Crippen LogP contribution in [0, 0.1) is 0 Å². The molecule has 0 amide bonds. The maximum absolute atomic E-state index is 2.28. The summed E-state index contributed by atoms with van der Waals surface area (Å²) in [5, 5.41) is 2.90. The van der Waals surface area contributed by atoms with Crippen LogP contribution in [0.3, 0.4) is 0 Å². The molecular weight excluding hydrogens is 327 g/mol. The van der Waals surface area contributed by atoms with E-state index in [2.05, 4.69) is 69.3 Å². The van der Waals surface area contributed by atoms with E-state index in [4.69, 9.17) is 0 Å². The van der Waals surface area contributed by atoms with E-state index in [-0.39, 0.29) is 22.5 Å². The molecule has 0 N–H and O–H groups in total. The van der Waals surface area contributed by atoms with Crippen molar-refractivity contribution in [2.24, 2.45) is 0 Å². The second-order valence-corrected chi connectivity index (χ2v) is 7.42. The fraction of sp³-hybridized carbons (Fsp3) is 0.200. The standard InChI is InChI=1S/C15H18P.C5H5.Fe/c1-15(2,3)13-10-6-7-11-14(13)16-12-8-4-5-9-12;1-2-4-5-3-1;/h4-11,16H,1-3H3;1-5H;/q-1;-5;.